The van der Waals surface area contributed by atoms with Gasteiger partial charge in [0.05, 0.1) is 0 Å². The van der Waals surface area contributed by atoms with E-state index >= 15 is 0 Å². The van der Waals surface area contributed by atoms with E-state index in [1.165, 1.54) is 0 Å². The number of halogens is 1. The minimum Gasteiger partial charge on any atom is -0.136 e. The summed E-state index contributed by atoms with van der Waals surface area (Å²) in [5.41, 5.74) is 0. The van der Waals surface area contributed by atoms with Crippen molar-refractivity contribution in [1.82, 2.24) is 0 Å². The predicted octanol–water partition coefficient (Wildman–Crippen LogP) is 4.88. The van der Waals surface area contributed by atoms with Crippen molar-refractivity contribution in [3.8, 4) is 0 Å². The molecule has 0 nitrogen and oxygen atoms in total. The third-order valence-electron chi connectivity index (χ3n) is 2.20. The van der Waals surface area contributed by atoms with Crippen LogP contribution in [-0.2, 0) is 0 Å². The molecule has 0 radical (unpaired) electrons. The van der Waals surface area contributed by atoms with E-state index in [0.29, 0.717) is 0 Å². The first kappa shape index (κ1) is 13.9. The monoisotopic (exact) mass is 240 g/mol. The largest absolute Gasteiger partial charge is 0.136 e. The zero-order valence-electron chi connectivity index (χ0n) is 9.81. The Morgan fingerprint density at radius 3 is 1.38 bits per heavy atom. The molecular formula is C10H22ClPS. The molecule has 0 unspecified atom stereocenters. The smallest absolute Gasteiger partial charge is 0.00427 e. The first-order valence-corrected chi connectivity index (χ1v) is 8.57. The Labute approximate surface area is 92.6 Å². The van der Waals surface area contributed by atoms with E-state index in [2.05, 4.69) is 52.9 Å². The number of hydrogen-bond acceptors (Lipinski definition) is 1. The molecule has 0 spiro atoms. The van der Waals surface area contributed by atoms with Gasteiger partial charge in [-0.2, -0.15) is 0 Å². The van der Waals surface area contributed by atoms with Crippen LogP contribution >= 0.6 is 29.2 Å². The molecule has 0 aromatic carbocycles. The van der Waals surface area contributed by atoms with Crippen LogP contribution in [0.25, 0.3) is 0 Å². The van der Waals surface area contributed by atoms with Gasteiger partial charge >= 0.3 is 0 Å². The molecule has 0 amide bonds. The van der Waals surface area contributed by atoms with Crippen LogP contribution in [0.4, 0.5) is 0 Å². The number of thioether (sulfide) groups is 1. The molecule has 0 saturated heterocycles. The van der Waals surface area contributed by atoms with Crippen LogP contribution in [-0.4, -0.2) is 21.7 Å². The molecule has 0 aromatic rings. The van der Waals surface area contributed by atoms with Crippen molar-refractivity contribution in [2.24, 2.45) is 0 Å². The van der Waals surface area contributed by atoms with Crippen molar-refractivity contribution in [1.29, 1.82) is 0 Å². The summed E-state index contributed by atoms with van der Waals surface area (Å²) in [6.45, 7) is 13.5. The summed E-state index contributed by atoms with van der Waals surface area (Å²) in [4.78, 5) is 0. The lowest BCUT2D eigenvalue weighted by Crippen LogP contribution is -2.26. The fourth-order valence-corrected chi connectivity index (χ4v) is 7.89. The van der Waals surface area contributed by atoms with E-state index in [1.54, 1.807) is 11.8 Å². The van der Waals surface area contributed by atoms with Gasteiger partial charge in [0.2, 0.25) is 0 Å². The van der Waals surface area contributed by atoms with Crippen LogP contribution in [0.5, 0.6) is 0 Å². The van der Waals surface area contributed by atoms with Crippen LogP contribution < -0.4 is 0 Å². The maximum atomic E-state index is 6.83. The maximum absolute atomic E-state index is 6.83. The molecule has 13 heavy (non-hydrogen) atoms. The summed E-state index contributed by atoms with van der Waals surface area (Å²) in [6.07, 6.45) is 0.565. The molecule has 0 aliphatic carbocycles. The molecule has 0 saturated carbocycles. The van der Waals surface area contributed by atoms with E-state index in [1.807, 2.05) is 0 Å². The molecular weight excluding hydrogens is 219 g/mol. The standard InChI is InChI=1S/C10H22ClPS/c1-9(2,3)12(11,8-13-7)10(4,5)6/h8H,1-7H3. The van der Waals surface area contributed by atoms with Crippen LogP contribution in [0, 0.1) is 0 Å². The van der Waals surface area contributed by atoms with Crippen molar-refractivity contribution in [3.63, 3.8) is 0 Å². The minimum atomic E-state index is -1.53. The van der Waals surface area contributed by atoms with Gasteiger partial charge < -0.3 is 0 Å². The van der Waals surface area contributed by atoms with Crippen molar-refractivity contribution in [2.45, 2.75) is 51.9 Å². The van der Waals surface area contributed by atoms with Gasteiger partial charge in [-0.05, 0) is 27.9 Å². The lowest BCUT2D eigenvalue weighted by Gasteiger charge is -2.43. The minimum absolute atomic E-state index is 0.190. The molecule has 0 aliphatic heterocycles. The van der Waals surface area contributed by atoms with Gasteiger partial charge in [-0.25, -0.2) is 0 Å². The summed E-state index contributed by atoms with van der Waals surface area (Å²) < 4.78 is 0. The van der Waals surface area contributed by atoms with E-state index in [0.717, 1.165) is 0 Å². The van der Waals surface area contributed by atoms with Gasteiger partial charge in [-0.3, -0.25) is 0 Å². The lowest BCUT2D eigenvalue weighted by molar-refractivity contribution is 0.716. The molecule has 0 atom stereocenters. The van der Waals surface area contributed by atoms with Crippen LogP contribution in [0.3, 0.4) is 0 Å². The molecule has 0 N–H and O–H groups in total. The fourth-order valence-electron chi connectivity index (χ4n) is 1.47. The fraction of sp³-hybridized carbons (Fsp3) is 0.900. The third kappa shape index (κ3) is 2.94. The Morgan fingerprint density at radius 1 is 1.00 bits per heavy atom. The molecule has 0 heterocycles. The quantitative estimate of drug-likeness (QED) is 0.589. The Kier molecular flexibility index (Phi) is 4.51. The van der Waals surface area contributed by atoms with Crippen molar-refractivity contribution < 1.29 is 0 Å². The Hall–Kier alpha value is 0.940. The zero-order chi connectivity index (χ0) is 10.9. The second kappa shape index (κ2) is 4.21. The Bertz CT molecular complexity index is 202. The summed E-state index contributed by atoms with van der Waals surface area (Å²) in [5, 5.41) is 2.65. The summed E-state index contributed by atoms with van der Waals surface area (Å²) >= 11 is 8.58. The van der Waals surface area contributed by atoms with Gasteiger partial charge in [-0.1, -0.05) is 52.8 Å². The third-order valence-corrected chi connectivity index (χ3v) is 11.9. The lowest BCUT2D eigenvalue weighted by atomic mass is 10.2. The summed E-state index contributed by atoms with van der Waals surface area (Å²) in [7, 11) is 0. The summed E-state index contributed by atoms with van der Waals surface area (Å²) in [6, 6.07) is 0. The second-order valence-corrected chi connectivity index (χ2v) is 12.2. The molecule has 0 rings (SSSR count). The summed E-state index contributed by atoms with van der Waals surface area (Å²) in [5.74, 6) is 0. The first-order chi connectivity index (χ1) is 5.56. The van der Waals surface area contributed by atoms with Crippen molar-refractivity contribution in [2.75, 3.05) is 6.26 Å². The predicted molar refractivity (Wildman–Crippen MR) is 71.9 cm³/mol. The topological polar surface area (TPSA) is 0 Å². The van der Waals surface area contributed by atoms with Gasteiger partial charge in [-0.15, -0.1) is 11.8 Å². The van der Waals surface area contributed by atoms with Gasteiger partial charge in [0.15, 0.2) is 0 Å². The van der Waals surface area contributed by atoms with E-state index < -0.39 is 6.24 Å². The van der Waals surface area contributed by atoms with E-state index in [-0.39, 0.29) is 10.3 Å². The van der Waals surface area contributed by atoms with Crippen molar-refractivity contribution in [3.05, 3.63) is 0 Å². The van der Waals surface area contributed by atoms with Crippen LogP contribution in [0.15, 0.2) is 0 Å². The van der Waals surface area contributed by atoms with E-state index in [9.17, 15) is 0 Å². The average Bonchev–Trinajstić information content (AvgIpc) is 1.82. The molecule has 0 aromatic heterocycles. The number of hydrogen-bond donors (Lipinski definition) is 0. The molecule has 0 bridgehead atoms. The number of rotatable bonds is 1. The highest BCUT2D eigenvalue weighted by Gasteiger charge is 2.39. The van der Waals surface area contributed by atoms with E-state index in [4.69, 9.17) is 11.2 Å². The highest BCUT2D eigenvalue weighted by molar-refractivity contribution is 8.23. The Balaban J connectivity index is 5.36. The average molecular weight is 241 g/mol. The molecule has 3 heteroatoms. The van der Waals surface area contributed by atoms with Gasteiger partial charge in [0, 0.05) is 0 Å². The SMILES string of the molecule is CSC=P(Cl)(C(C)(C)C)C(C)(C)C. The second-order valence-electron chi connectivity index (χ2n) is 5.32. The van der Waals surface area contributed by atoms with Crippen LogP contribution in [0.2, 0.25) is 0 Å². The first-order valence-electron chi connectivity index (χ1n) is 4.52. The zero-order valence-corrected chi connectivity index (χ0v) is 12.3. The van der Waals surface area contributed by atoms with Gasteiger partial charge in [0.1, 0.15) is 0 Å². The molecule has 0 fully saturated rings. The normalized spacial score (nSPS) is 14.5. The van der Waals surface area contributed by atoms with Gasteiger partial charge in [0.25, 0.3) is 0 Å². The highest BCUT2D eigenvalue weighted by atomic mass is 35.7. The highest BCUT2D eigenvalue weighted by Crippen LogP contribution is 2.72. The van der Waals surface area contributed by atoms with Crippen molar-refractivity contribution >= 4 is 34.4 Å². The molecule has 80 valence electrons. The molecule has 0 aliphatic rings. The maximum Gasteiger partial charge on any atom is -0.00427 e. The van der Waals surface area contributed by atoms with Crippen LogP contribution in [0.1, 0.15) is 41.5 Å². The Morgan fingerprint density at radius 2 is 1.31 bits per heavy atom.